The van der Waals surface area contributed by atoms with E-state index in [1.165, 1.54) is 315 Å². The Morgan fingerprint density at radius 2 is 0.575 bits per heavy atom. The fourth-order valence-electron chi connectivity index (χ4n) is 18.7. The Morgan fingerprint density at radius 3 is 0.920 bits per heavy atom. The highest BCUT2D eigenvalue weighted by Crippen LogP contribution is 2.55. The number of aryl methyl sites for hydroxylation is 2. The van der Waals surface area contributed by atoms with Gasteiger partial charge in [0.05, 0.1) is 44.9 Å². The highest BCUT2D eigenvalue weighted by Gasteiger charge is 2.52. The van der Waals surface area contributed by atoms with Crippen LogP contribution < -0.4 is 20.7 Å². The van der Waals surface area contributed by atoms with Crippen molar-refractivity contribution in [1.82, 2.24) is 36.2 Å². The molecule has 0 radical (unpaired) electrons. The van der Waals surface area contributed by atoms with Gasteiger partial charge >= 0.3 is 0 Å². The van der Waals surface area contributed by atoms with Crippen molar-refractivity contribution >= 4 is 196 Å². The molecule has 2 aliphatic heterocycles. The van der Waals surface area contributed by atoms with Crippen LogP contribution >= 0.6 is 126 Å². The third kappa shape index (κ3) is 16.4. The van der Waals surface area contributed by atoms with Crippen LogP contribution in [0.5, 0.6) is 0 Å². The fraction of sp³-hybridized carbons (Fsp3) is 0.478. The van der Waals surface area contributed by atoms with E-state index in [4.69, 9.17) is 36.2 Å². The number of aromatic nitrogens is 8. The van der Waals surface area contributed by atoms with Crippen LogP contribution in [0.2, 0.25) is 24.2 Å². The Morgan fingerprint density at radius 1 is 0.274 bits per heavy atom. The number of rotatable bonds is 42. The third-order valence-electron chi connectivity index (χ3n) is 25.2. The molecule has 0 amide bonds. The summed E-state index contributed by atoms with van der Waals surface area (Å²) in [6.07, 6.45) is 36.9. The van der Waals surface area contributed by atoms with Gasteiger partial charge in [0.1, 0.15) is 60.6 Å². The number of hydrogen-bond donors (Lipinski definition) is 0. The average Bonchev–Trinajstić information content (AvgIpc) is 1.54. The fourth-order valence-corrected chi connectivity index (χ4v) is 45.6. The van der Waals surface area contributed by atoms with Gasteiger partial charge in [-0.3, -0.25) is 9.97 Å². The summed E-state index contributed by atoms with van der Waals surface area (Å²) >= 11 is 19.8. The highest BCUT2D eigenvalue weighted by atomic mass is 32.1. The molecule has 13 aromatic heterocycles. The SMILES string of the molecule is CCCCCCc1ccc(-c2ccc(-c3cnc(-c4cc5c(s4)-c4sc(-c6ccc(-c7cc8c(s7)-c7sc(-c9ncc(-c%10ccc(-c%11ccc(CCCCCC)s%11)s%10)c%10nsnc9%10)cc7[Si]8(CC(CC)CCCC)CC(CC)CCCC)c7nsnc67)cc4[Si]5(CC(CC)CCCC)CC(CC)CCCC)c4nsnc34)s2)s1. The van der Waals surface area contributed by atoms with Gasteiger partial charge in [0, 0.05) is 103 Å². The molecular weight excluding hydrogens is 1630 g/mol. The number of hydrogen-bond acceptors (Lipinski definition) is 19. The topological polar surface area (TPSA) is 103 Å². The van der Waals surface area contributed by atoms with Crippen LogP contribution in [-0.4, -0.2) is 52.4 Å². The average molecular weight is 1740 g/mol. The summed E-state index contributed by atoms with van der Waals surface area (Å²) < 4.78 is 31.3. The Bertz CT molecular complexity index is 5160. The van der Waals surface area contributed by atoms with E-state index in [1.807, 2.05) is 90.7 Å². The van der Waals surface area contributed by atoms with Crippen molar-refractivity contribution in [2.75, 3.05) is 0 Å². The lowest BCUT2D eigenvalue weighted by Gasteiger charge is -2.35. The van der Waals surface area contributed by atoms with Gasteiger partial charge in [0.15, 0.2) is 0 Å². The number of fused-ring (bicyclic) bond motifs is 9. The molecule has 0 saturated heterocycles. The summed E-state index contributed by atoms with van der Waals surface area (Å²) in [4.78, 5) is 32.8. The minimum atomic E-state index is -2.46. The molecule has 0 N–H and O–H groups in total. The standard InChI is InChI=1S/C92H110N8S11Si2/c1-11-21-27-29-35-61-37-41-69(101-61)71-45-43-67(103-71)65-51-93-85(87-83(65)97-110-99-87)75-49-79-91(107-75)89-77(112(79,53-57(17-7)31-23-13-3)54-58(18-8)32-24-14-4)47-73(105-89)63-39-40-64(82-81(63)95-109-96-82)74-48-78-90(106-74)92-80(113(78,55-59(19-9)33-25-15-5)56-60(20-10)34-26-16-6)50-76(108-92)86-88-84(98-111-100-88)66(52-94-86)68-44-46-72(104-68)70-42-38-62(102-70)36-30-28-22-12-2/h37-52,57-60H,11-36,53-56H2,1-10H3. The molecule has 0 saturated carbocycles. The van der Waals surface area contributed by atoms with Gasteiger partial charge in [-0.05, 0) is 167 Å². The Hall–Kier alpha value is -4.99. The summed E-state index contributed by atoms with van der Waals surface area (Å²) in [7, 11) is -4.92. The van der Waals surface area contributed by atoms with E-state index >= 15 is 0 Å². The van der Waals surface area contributed by atoms with E-state index in [0.717, 1.165) is 55.6 Å². The molecule has 16 rings (SSSR count). The molecule has 592 valence electrons. The van der Waals surface area contributed by atoms with E-state index in [2.05, 4.69) is 167 Å². The largest absolute Gasteiger partial charge is 0.252 e. The normalized spacial score (nSPS) is 16.3. The van der Waals surface area contributed by atoms with Crippen LogP contribution in [0.25, 0.3) is 135 Å². The summed E-state index contributed by atoms with van der Waals surface area (Å²) in [6.45, 7) is 24.1. The molecule has 4 unspecified atom stereocenters. The zero-order chi connectivity index (χ0) is 77.7. The lowest BCUT2D eigenvalue weighted by molar-refractivity contribution is 0.469. The van der Waals surface area contributed by atoms with E-state index in [9.17, 15) is 0 Å². The van der Waals surface area contributed by atoms with Crippen molar-refractivity contribution in [3.8, 4) is 102 Å². The summed E-state index contributed by atoms with van der Waals surface area (Å²) in [5, 5.41) is 6.69. The van der Waals surface area contributed by atoms with Crippen molar-refractivity contribution in [3.05, 3.63) is 107 Å². The number of nitrogens with zero attached hydrogens (tertiary/aromatic N) is 8. The Labute approximate surface area is 718 Å². The van der Waals surface area contributed by atoms with Crippen LogP contribution in [0.3, 0.4) is 0 Å². The van der Waals surface area contributed by atoms with E-state index in [0.29, 0.717) is 23.7 Å². The maximum Gasteiger partial charge on any atom is 0.132 e. The van der Waals surface area contributed by atoms with Gasteiger partial charge in [0.25, 0.3) is 0 Å². The van der Waals surface area contributed by atoms with Crippen LogP contribution in [-0.2, 0) is 12.8 Å². The maximum absolute atomic E-state index is 5.49. The predicted octanol–water partition coefficient (Wildman–Crippen LogP) is 30.5. The second kappa shape index (κ2) is 37.1. The zero-order valence-electron chi connectivity index (χ0n) is 67.8. The lowest BCUT2D eigenvalue weighted by atomic mass is 10.0. The molecular formula is C92H110N8S11Si2. The lowest BCUT2D eigenvalue weighted by Crippen LogP contribution is -2.56. The van der Waals surface area contributed by atoms with Gasteiger partial charge in [0.2, 0.25) is 0 Å². The van der Waals surface area contributed by atoms with Gasteiger partial charge in [-0.1, -0.05) is 223 Å². The first-order chi connectivity index (χ1) is 55.5. The maximum atomic E-state index is 5.49. The molecule has 0 bridgehead atoms. The van der Waals surface area contributed by atoms with Crippen molar-refractivity contribution in [3.63, 3.8) is 0 Å². The first-order valence-electron chi connectivity index (χ1n) is 42.9. The van der Waals surface area contributed by atoms with Crippen LogP contribution in [0.1, 0.15) is 233 Å². The van der Waals surface area contributed by atoms with Crippen molar-refractivity contribution < 1.29 is 0 Å². The van der Waals surface area contributed by atoms with E-state index in [-0.39, 0.29) is 0 Å². The number of benzene rings is 1. The monoisotopic (exact) mass is 1730 g/mol. The Balaban J connectivity index is 0.780. The molecule has 8 nitrogen and oxygen atoms in total. The quantitative estimate of drug-likeness (QED) is 0.0275. The number of pyridine rings is 2. The smallest absolute Gasteiger partial charge is 0.132 e. The van der Waals surface area contributed by atoms with Crippen molar-refractivity contribution in [2.45, 2.75) is 260 Å². The molecule has 4 atom stereocenters. The molecule has 0 fully saturated rings. The molecule has 113 heavy (non-hydrogen) atoms. The zero-order valence-corrected chi connectivity index (χ0v) is 78.8. The van der Waals surface area contributed by atoms with Gasteiger partial charge < -0.3 is 0 Å². The van der Waals surface area contributed by atoms with Crippen LogP contribution in [0.4, 0.5) is 0 Å². The van der Waals surface area contributed by atoms with Crippen molar-refractivity contribution in [2.24, 2.45) is 23.7 Å². The molecule has 15 heterocycles. The Kier molecular flexibility index (Phi) is 26.8. The highest BCUT2D eigenvalue weighted by molar-refractivity contribution is 7.33. The molecule has 14 aromatic rings. The van der Waals surface area contributed by atoms with Crippen molar-refractivity contribution in [1.29, 1.82) is 0 Å². The molecule has 2 aliphatic rings. The van der Waals surface area contributed by atoms with Gasteiger partial charge in [-0.15, -0.1) is 90.7 Å². The minimum absolute atomic E-state index is 0.661. The first kappa shape index (κ1) is 81.7. The van der Waals surface area contributed by atoms with Gasteiger partial charge in [-0.25, -0.2) is 0 Å². The summed E-state index contributed by atoms with van der Waals surface area (Å²) in [6, 6.07) is 39.4. The van der Waals surface area contributed by atoms with Crippen LogP contribution in [0, 0.1) is 23.7 Å². The van der Waals surface area contributed by atoms with E-state index < -0.39 is 16.1 Å². The molecule has 0 aliphatic carbocycles. The summed E-state index contributed by atoms with van der Waals surface area (Å²) in [5.41, 5.74) is 12.5. The number of thiophene rings is 8. The number of unbranched alkanes of at least 4 members (excludes halogenated alkanes) is 10. The predicted molar refractivity (Wildman–Crippen MR) is 511 cm³/mol. The third-order valence-corrected chi connectivity index (χ3v) is 48.2. The second-order valence-corrected chi connectivity index (χ2v) is 51.0. The minimum Gasteiger partial charge on any atom is -0.252 e. The van der Waals surface area contributed by atoms with E-state index in [1.54, 1.807) is 20.7 Å². The summed E-state index contributed by atoms with van der Waals surface area (Å²) in [5.74, 6) is 2.64. The second-order valence-electron chi connectivity index (χ2n) is 32.6. The van der Waals surface area contributed by atoms with Gasteiger partial charge in [-0.2, -0.15) is 26.2 Å². The molecule has 1 aromatic carbocycles. The molecule has 21 heteroatoms. The molecule has 0 spiro atoms. The first-order valence-corrected chi connectivity index (χ1v) is 56.5. The van der Waals surface area contributed by atoms with Crippen LogP contribution in [0.15, 0.2) is 97.3 Å².